The van der Waals surface area contributed by atoms with Gasteiger partial charge >= 0.3 is 0 Å². The zero-order chi connectivity index (χ0) is 15.6. The Hall–Kier alpha value is -2.39. The van der Waals surface area contributed by atoms with Crippen LogP contribution in [0.2, 0.25) is 0 Å². The predicted molar refractivity (Wildman–Crippen MR) is 87.7 cm³/mol. The molecule has 0 atom stereocenters. The topological polar surface area (TPSA) is 82.5 Å². The highest BCUT2D eigenvalue weighted by Crippen LogP contribution is 2.27. The number of tetrazole rings is 1. The van der Waals surface area contributed by atoms with E-state index in [9.17, 15) is 0 Å². The second kappa shape index (κ2) is 6.01. The average Bonchev–Trinajstić information content (AvgIpc) is 3.29. The van der Waals surface area contributed by atoms with Crippen LogP contribution in [-0.4, -0.2) is 30.3 Å². The minimum atomic E-state index is 0.277. The van der Waals surface area contributed by atoms with Crippen molar-refractivity contribution in [3.63, 3.8) is 0 Å². The molecule has 9 heteroatoms. The number of nitrogens with zero attached hydrogens (tertiary/aromatic N) is 6. The summed E-state index contributed by atoms with van der Waals surface area (Å²) in [7, 11) is 0. The summed E-state index contributed by atoms with van der Waals surface area (Å²) in [4.78, 5) is 6.72. The van der Waals surface area contributed by atoms with Gasteiger partial charge in [-0.2, -0.15) is 9.78 Å². The summed E-state index contributed by atoms with van der Waals surface area (Å²) < 4.78 is 6.24. The summed E-state index contributed by atoms with van der Waals surface area (Å²) in [5.74, 6) is 1.55. The Balaban J connectivity index is 1.53. The van der Waals surface area contributed by atoms with Gasteiger partial charge in [0.2, 0.25) is 11.6 Å². The highest BCUT2D eigenvalue weighted by Gasteiger charge is 2.13. The molecule has 3 aromatic heterocycles. The molecule has 1 aromatic carbocycles. The molecule has 0 fully saturated rings. The van der Waals surface area contributed by atoms with Gasteiger partial charge < -0.3 is 4.52 Å². The van der Waals surface area contributed by atoms with Crippen molar-refractivity contribution in [1.29, 1.82) is 0 Å². The fraction of sp³-hybridized carbons (Fsp3) is 0.0714. The standard InChI is InChI=1S/C14H9BrN6OS/c15-10-6-11(23-8-10)14-16-12(22-19-14)7-21-18-13(17-20-21)9-4-2-1-3-5-9/h1-6,8H,7H2. The predicted octanol–water partition coefficient (Wildman–Crippen LogP) is 3.26. The van der Waals surface area contributed by atoms with Crippen molar-refractivity contribution < 1.29 is 4.52 Å². The monoisotopic (exact) mass is 388 g/mol. The molecule has 4 rings (SSSR count). The number of hydrogen-bond donors (Lipinski definition) is 0. The molecule has 3 heterocycles. The van der Waals surface area contributed by atoms with Crippen molar-refractivity contribution in [2.75, 3.05) is 0 Å². The van der Waals surface area contributed by atoms with Gasteiger partial charge in [-0.1, -0.05) is 35.5 Å². The van der Waals surface area contributed by atoms with E-state index in [1.54, 1.807) is 11.3 Å². The van der Waals surface area contributed by atoms with Crippen molar-refractivity contribution in [3.05, 3.63) is 52.1 Å². The van der Waals surface area contributed by atoms with Crippen LogP contribution in [0.15, 0.2) is 50.8 Å². The smallest absolute Gasteiger partial charge is 0.250 e. The largest absolute Gasteiger partial charge is 0.337 e. The van der Waals surface area contributed by atoms with Gasteiger partial charge in [-0.3, -0.25) is 0 Å². The summed E-state index contributed by atoms with van der Waals surface area (Å²) >= 11 is 4.95. The Bertz CT molecular complexity index is 932. The lowest BCUT2D eigenvalue weighted by Gasteiger charge is -1.92. The van der Waals surface area contributed by atoms with Crippen LogP contribution >= 0.6 is 27.3 Å². The zero-order valence-corrected chi connectivity index (χ0v) is 14.0. The molecule has 0 aliphatic carbocycles. The minimum Gasteiger partial charge on any atom is -0.337 e. The van der Waals surface area contributed by atoms with Gasteiger partial charge in [0.1, 0.15) is 6.54 Å². The first-order chi connectivity index (χ1) is 11.3. The maximum Gasteiger partial charge on any atom is 0.250 e. The van der Waals surface area contributed by atoms with Crippen LogP contribution in [-0.2, 0) is 6.54 Å². The lowest BCUT2D eigenvalue weighted by molar-refractivity contribution is 0.356. The van der Waals surface area contributed by atoms with Crippen LogP contribution in [0.3, 0.4) is 0 Å². The molecular weight excluding hydrogens is 380 g/mol. The minimum absolute atomic E-state index is 0.277. The summed E-state index contributed by atoms with van der Waals surface area (Å²) in [6.07, 6.45) is 0. The Morgan fingerprint density at radius 2 is 2.04 bits per heavy atom. The Morgan fingerprint density at radius 1 is 1.17 bits per heavy atom. The fourth-order valence-corrected chi connectivity index (χ4v) is 3.34. The highest BCUT2D eigenvalue weighted by atomic mass is 79.9. The van der Waals surface area contributed by atoms with Crippen LogP contribution in [0.5, 0.6) is 0 Å². The first-order valence-electron chi connectivity index (χ1n) is 6.68. The van der Waals surface area contributed by atoms with Crippen molar-refractivity contribution in [2.24, 2.45) is 0 Å². The molecule has 23 heavy (non-hydrogen) atoms. The number of hydrogen-bond acceptors (Lipinski definition) is 7. The highest BCUT2D eigenvalue weighted by molar-refractivity contribution is 9.10. The van der Waals surface area contributed by atoms with E-state index >= 15 is 0 Å². The van der Waals surface area contributed by atoms with Crippen molar-refractivity contribution in [3.8, 4) is 22.1 Å². The van der Waals surface area contributed by atoms with Crippen molar-refractivity contribution >= 4 is 27.3 Å². The van der Waals surface area contributed by atoms with Crippen LogP contribution < -0.4 is 0 Å². The summed E-state index contributed by atoms with van der Waals surface area (Å²) in [6, 6.07) is 11.6. The van der Waals surface area contributed by atoms with E-state index in [2.05, 4.69) is 41.5 Å². The van der Waals surface area contributed by atoms with Crippen molar-refractivity contribution in [2.45, 2.75) is 6.54 Å². The Kier molecular flexibility index (Phi) is 3.72. The van der Waals surface area contributed by atoms with E-state index in [1.165, 1.54) is 4.80 Å². The second-order valence-electron chi connectivity index (χ2n) is 4.65. The van der Waals surface area contributed by atoms with Crippen LogP contribution in [0.4, 0.5) is 0 Å². The normalized spacial score (nSPS) is 11.0. The van der Waals surface area contributed by atoms with E-state index in [4.69, 9.17) is 4.52 Å². The third-order valence-corrected chi connectivity index (χ3v) is 4.70. The molecule has 0 radical (unpaired) electrons. The van der Waals surface area contributed by atoms with E-state index in [-0.39, 0.29) is 6.54 Å². The quantitative estimate of drug-likeness (QED) is 0.533. The van der Waals surface area contributed by atoms with Gasteiger partial charge in [-0.25, -0.2) is 0 Å². The van der Waals surface area contributed by atoms with Crippen LogP contribution in [0.25, 0.3) is 22.1 Å². The Morgan fingerprint density at radius 3 is 2.83 bits per heavy atom. The van der Waals surface area contributed by atoms with Crippen LogP contribution in [0, 0.1) is 0 Å². The molecule has 114 valence electrons. The maximum absolute atomic E-state index is 5.25. The van der Waals surface area contributed by atoms with Gasteiger partial charge in [0.25, 0.3) is 5.89 Å². The number of thiophene rings is 1. The van der Waals surface area contributed by atoms with E-state index < -0.39 is 0 Å². The van der Waals surface area contributed by atoms with Crippen molar-refractivity contribution in [1.82, 2.24) is 30.3 Å². The molecule has 0 aliphatic rings. The van der Waals surface area contributed by atoms with Gasteiger partial charge in [-0.15, -0.1) is 21.5 Å². The maximum atomic E-state index is 5.25. The zero-order valence-electron chi connectivity index (χ0n) is 11.6. The lowest BCUT2D eigenvalue weighted by Crippen LogP contribution is -2.04. The molecule has 0 saturated heterocycles. The molecule has 0 amide bonds. The summed E-state index contributed by atoms with van der Waals surface area (Å²) in [6.45, 7) is 0.277. The first kappa shape index (κ1) is 14.2. The SMILES string of the molecule is Brc1csc(-c2noc(Cn3nnc(-c4ccccc4)n3)n2)c1. The molecule has 7 nitrogen and oxygen atoms in total. The number of rotatable bonds is 4. The number of aromatic nitrogens is 6. The van der Waals surface area contributed by atoms with Gasteiger partial charge in [-0.05, 0) is 27.2 Å². The molecule has 0 N–H and O–H groups in total. The third-order valence-electron chi connectivity index (χ3n) is 3.02. The Labute approximate surface area is 143 Å². The molecule has 4 aromatic rings. The van der Waals surface area contributed by atoms with Gasteiger partial charge in [0, 0.05) is 15.4 Å². The molecule has 0 bridgehead atoms. The summed E-state index contributed by atoms with van der Waals surface area (Å²) in [5.41, 5.74) is 0.911. The molecular formula is C14H9BrN6OS. The first-order valence-corrected chi connectivity index (χ1v) is 8.35. The lowest BCUT2D eigenvalue weighted by atomic mass is 10.2. The molecule has 0 unspecified atom stereocenters. The van der Waals surface area contributed by atoms with E-state index in [0.29, 0.717) is 17.5 Å². The van der Waals surface area contributed by atoms with E-state index in [0.717, 1.165) is 14.9 Å². The summed E-state index contributed by atoms with van der Waals surface area (Å²) in [5, 5.41) is 18.3. The van der Waals surface area contributed by atoms with E-state index in [1.807, 2.05) is 41.8 Å². The average molecular weight is 389 g/mol. The molecule has 0 spiro atoms. The van der Waals surface area contributed by atoms with Gasteiger partial charge in [0.15, 0.2) is 0 Å². The number of benzene rings is 1. The molecule has 0 aliphatic heterocycles. The van der Waals surface area contributed by atoms with Crippen LogP contribution in [0.1, 0.15) is 5.89 Å². The number of halogens is 1. The van der Waals surface area contributed by atoms with Gasteiger partial charge in [0.05, 0.1) is 4.88 Å². The molecule has 0 saturated carbocycles. The third kappa shape index (κ3) is 3.06. The fourth-order valence-electron chi connectivity index (χ4n) is 1.98. The second-order valence-corrected chi connectivity index (χ2v) is 6.48.